The predicted molar refractivity (Wildman–Crippen MR) is 94.7 cm³/mol. The van der Waals surface area contributed by atoms with E-state index in [-0.39, 0.29) is 11.9 Å². The molecule has 1 aromatic heterocycles. The van der Waals surface area contributed by atoms with Crippen LogP contribution in [0.2, 0.25) is 0 Å². The fraction of sp³-hybridized carbons (Fsp3) is 0.550. The Labute approximate surface area is 148 Å². The highest BCUT2D eigenvalue weighted by Gasteiger charge is 2.43. The highest BCUT2D eigenvalue weighted by atomic mass is 19.1. The second-order valence-electron chi connectivity index (χ2n) is 7.65. The first-order valence-corrected chi connectivity index (χ1v) is 9.12. The third kappa shape index (κ3) is 3.48. The second-order valence-corrected chi connectivity index (χ2v) is 7.65. The van der Waals surface area contributed by atoms with Crippen LogP contribution in [0.15, 0.2) is 36.7 Å². The smallest absolute Gasteiger partial charge is 0.123 e. The maximum absolute atomic E-state index is 13.1. The average Bonchev–Trinajstić information content (AvgIpc) is 3.20. The van der Waals surface area contributed by atoms with Crippen molar-refractivity contribution in [1.82, 2.24) is 14.7 Å². The number of likely N-dealkylation sites (tertiary alicyclic amines) is 1. The fourth-order valence-corrected chi connectivity index (χ4v) is 4.61. The van der Waals surface area contributed by atoms with Crippen molar-refractivity contribution in [3.63, 3.8) is 0 Å². The minimum atomic E-state index is -0.167. The zero-order valence-corrected chi connectivity index (χ0v) is 14.9. The van der Waals surface area contributed by atoms with E-state index in [4.69, 9.17) is 4.74 Å². The van der Waals surface area contributed by atoms with Crippen molar-refractivity contribution in [2.75, 3.05) is 20.2 Å². The van der Waals surface area contributed by atoms with Gasteiger partial charge in [0.05, 0.1) is 18.3 Å². The maximum atomic E-state index is 13.1. The van der Waals surface area contributed by atoms with E-state index in [1.807, 2.05) is 25.4 Å². The summed E-state index contributed by atoms with van der Waals surface area (Å²) in [6, 6.07) is 7.21. The van der Waals surface area contributed by atoms with E-state index in [0.717, 1.165) is 32.5 Å². The van der Waals surface area contributed by atoms with Crippen molar-refractivity contribution in [2.24, 2.45) is 11.8 Å². The Kier molecular flexibility index (Phi) is 4.61. The van der Waals surface area contributed by atoms with Gasteiger partial charge in [-0.05, 0) is 54.9 Å². The Balaban J connectivity index is 1.44. The van der Waals surface area contributed by atoms with E-state index in [2.05, 4.69) is 27.8 Å². The third-order valence-electron chi connectivity index (χ3n) is 5.85. The van der Waals surface area contributed by atoms with Gasteiger partial charge in [0.1, 0.15) is 5.82 Å². The SMILES string of the molecule is CO[C@H]1C[C@@H]2CN(Cc3ccc(F)cc3)C[C@@H]2C[C@@H]1n1cc(C)cn1. The molecule has 0 N–H and O–H groups in total. The summed E-state index contributed by atoms with van der Waals surface area (Å²) in [6.07, 6.45) is 6.48. The lowest BCUT2D eigenvalue weighted by molar-refractivity contribution is -0.00488. The molecule has 0 amide bonds. The van der Waals surface area contributed by atoms with Gasteiger partial charge in [0.15, 0.2) is 0 Å². The maximum Gasteiger partial charge on any atom is 0.123 e. The van der Waals surface area contributed by atoms with Gasteiger partial charge < -0.3 is 4.74 Å². The number of rotatable bonds is 4. The molecular weight excluding hydrogens is 317 g/mol. The summed E-state index contributed by atoms with van der Waals surface area (Å²) in [4.78, 5) is 2.51. The number of aryl methyl sites for hydroxylation is 1. The van der Waals surface area contributed by atoms with Crippen molar-refractivity contribution in [2.45, 2.75) is 38.5 Å². The Bertz CT molecular complexity index is 714. The van der Waals surface area contributed by atoms with Crippen LogP contribution >= 0.6 is 0 Å². The third-order valence-corrected chi connectivity index (χ3v) is 5.85. The topological polar surface area (TPSA) is 30.3 Å². The van der Waals surface area contributed by atoms with Crippen LogP contribution in [0.3, 0.4) is 0 Å². The Morgan fingerprint density at radius 2 is 1.88 bits per heavy atom. The number of nitrogens with zero attached hydrogens (tertiary/aromatic N) is 3. The lowest BCUT2D eigenvalue weighted by atomic mass is 9.77. The lowest BCUT2D eigenvalue weighted by Crippen LogP contribution is -2.37. The van der Waals surface area contributed by atoms with Crippen LogP contribution in [-0.2, 0) is 11.3 Å². The summed E-state index contributed by atoms with van der Waals surface area (Å²) in [5, 5.41) is 4.53. The highest BCUT2D eigenvalue weighted by Crippen LogP contribution is 2.42. The van der Waals surface area contributed by atoms with Crippen molar-refractivity contribution in [3.05, 3.63) is 53.6 Å². The van der Waals surface area contributed by atoms with E-state index in [1.165, 1.54) is 11.1 Å². The largest absolute Gasteiger partial charge is 0.379 e. The molecule has 1 aliphatic heterocycles. The van der Waals surface area contributed by atoms with Gasteiger partial charge in [-0.1, -0.05) is 12.1 Å². The molecule has 0 unspecified atom stereocenters. The number of hydrogen-bond donors (Lipinski definition) is 0. The molecule has 1 aromatic carbocycles. The van der Waals surface area contributed by atoms with Crippen LogP contribution in [0.5, 0.6) is 0 Å². The van der Waals surface area contributed by atoms with Gasteiger partial charge in [-0.2, -0.15) is 5.10 Å². The molecule has 0 spiro atoms. The van der Waals surface area contributed by atoms with Crippen LogP contribution in [0.1, 0.15) is 30.0 Å². The summed E-state index contributed by atoms with van der Waals surface area (Å²) in [5.41, 5.74) is 2.38. The Morgan fingerprint density at radius 3 is 2.52 bits per heavy atom. The first-order chi connectivity index (χ1) is 12.1. The van der Waals surface area contributed by atoms with Crippen LogP contribution in [0.4, 0.5) is 4.39 Å². The summed E-state index contributed by atoms with van der Waals surface area (Å²) < 4.78 is 21.0. The number of ether oxygens (including phenoxy) is 1. The number of benzene rings is 1. The Hall–Kier alpha value is -1.72. The number of aromatic nitrogens is 2. The van der Waals surface area contributed by atoms with Crippen LogP contribution in [0.25, 0.3) is 0 Å². The standard InChI is InChI=1S/C20H26FN3O/c1-14-9-22-24(10-14)19-7-16-12-23(13-17(16)8-20(19)25-2)11-15-3-5-18(21)6-4-15/h3-6,9-10,16-17,19-20H,7-8,11-13H2,1-2H3/t16-,17+,19-,20-/m0/s1. The predicted octanol–water partition coefficient (Wildman–Crippen LogP) is 3.43. The molecule has 1 saturated carbocycles. The molecule has 1 aliphatic carbocycles. The fourth-order valence-electron chi connectivity index (χ4n) is 4.61. The monoisotopic (exact) mass is 343 g/mol. The van der Waals surface area contributed by atoms with Crippen LogP contribution in [-0.4, -0.2) is 41.0 Å². The van der Waals surface area contributed by atoms with Gasteiger partial charge in [0, 0.05) is 32.9 Å². The van der Waals surface area contributed by atoms with Crippen LogP contribution in [0, 0.1) is 24.6 Å². The van der Waals surface area contributed by atoms with E-state index in [1.54, 1.807) is 12.1 Å². The van der Waals surface area contributed by atoms with Crippen LogP contribution < -0.4 is 0 Å². The molecule has 2 fully saturated rings. The minimum Gasteiger partial charge on any atom is -0.379 e. The lowest BCUT2D eigenvalue weighted by Gasteiger charge is -2.37. The minimum absolute atomic E-state index is 0.167. The summed E-state index contributed by atoms with van der Waals surface area (Å²) in [7, 11) is 1.82. The molecule has 134 valence electrons. The molecule has 4 rings (SSSR count). The van der Waals surface area contributed by atoms with Gasteiger partial charge in [-0.3, -0.25) is 9.58 Å². The van der Waals surface area contributed by atoms with Gasteiger partial charge in [-0.15, -0.1) is 0 Å². The van der Waals surface area contributed by atoms with Gasteiger partial charge >= 0.3 is 0 Å². The van der Waals surface area contributed by atoms with Gasteiger partial charge in [0.2, 0.25) is 0 Å². The summed E-state index contributed by atoms with van der Waals surface area (Å²) in [6.45, 7) is 5.19. The first-order valence-electron chi connectivity index (χ1n) is 9.12. The molecule has 4 atom stereocenters. The van der Waals surface area contributed by atoms with Crippen molar-refractivity contribution < 1.29 is 9.13 Å². The van der Waals surface area contributed by atoms with Gasteiger partial charge in [-0.25, -0.2) is 4.39 Å². The van der Waals surface area contributed by atoms with E-state index >= 15 is 0 Å². The zero-order valence-electron chi connectivity index (χ0n) is 14.9. The molecule has 1 saturated heterocycles. The molecule has 2 aliphatic rings. The number of halogens is 1. The number of fused-ring (bicyclic) bond motifs is 1. The van der Waals surface area contributed by atoms with E-state index < -0.39 is 0 Å². The molecular formula is C20H26FN3O. The van der Waals surface area contributed by atoms with Crippen molar-refractivity contribution in [1.29, 1.82) is 0 Å². The Morgan fingerprint density at radius 1 is 1.16 bits per heavy atom. The van der Waals surface area contributed by atoms with Crippen molar-refractivity contribution in [3.8, 4) is 0 Å². The van der Waals surface area contributed by atoms with Gasteiger partial charge in [0.25, 0.3) is 0 Å². The molecule has 5 heteroatoms. The molecule has 0 bridgehead atoms. The average molecular weight is 343 g/mol. The van der Waals surface area contributed by atoms with E-state index in [9.17, 15) is 4.39 Å². The van der Waals surface area contributed by atoms with E-state index in [0.29, 0.717) is 17.9 Å². The molecule has 0 radical (unpaired) electrons. The molecule has 2 heterocycles. The first kappa shape index (κ1) is 16.7. The normalized spacial score (nSPS) is 29.7. The summed E-state index contributed by atoms with van der Waals surface area (Å²) in [5.74, 6) is 1.19. The summed E-state index contributed by atoms with van der Waals surface area (Å²) >= 11 is 0. The molecule has 2 aromatic rings. The number of hydrogen-bond acceptors (Lipinski definition) is 3. The number of methoxy groups -OCH3 is 1. The molecule has 4 nitrogen and oxygen atoms in total. The second kappa shape index (κ2) is 6.89. The highest BCUT2D eigenvalue weighted by molar-refractivity contribution is 5.16. The quantitative estimate of drug-likeness (QED) is 0.852. The molecule has 25 heavy (non-hydrogen) atoms. The van der Waals surface area contributed by atoms with Crippen molar-refractivity contribution >= 4 is 0 Å². The zero-order chi connectivity index (χ0) is 17.4.